The highest BCUT2D eigenvalue weighted by Gasteiger charge is 2.43. The molecule has 8 atom stereocenters. The van der Waals surface area contributed by atoms with Crippen LogP contribution >= 0.6 is 0 Å². The molecule has 0 bridgehead atoms. The first-order chi connectivity index (χ1) is 13.2. The first kappa shape index (κ1) is 20.0. The molecule has 0 radical (unpaired) electrons. The summed E-state index contributed by atoms with van der Waals surface area (Å²) in [4.78, 5) is 0. The Bertz CT molecular complexity index is 496. The average Bonchev–Trinajstić information content (AvgIpc) is 3.25. The number of hydrogen-bond acceptors (Lipinski definition) is 1. The molecule has 0 aromatic carbocycles. The number of hydrogen-bond donors (Lipinski definition) is 0. The summed E-state index contributed by atoms with van der Waals surface area (Å²) in [6.07, 6.45) is 20.8. The maximum absolute atomic E-state index is 6.68. The Kier molecular flexibility index (Phi) is 6.68. The van der Waals surface area contributed by atoms with E-state index >= 15 is 0 Å². The predicted molar refractivity (Wildman–Crippen MR) is 115 cm³/mol. The van der Waals surface area contributed by atoms with Crippen LogP contribution in [0.4, 0.5) is 0 Å². The first-order valence-corrected chi connectivity index (χ1v) is 12.5. The van der Waals surface area contributed by atoms with Gasteiger partial charge in [-0.25, -0.2) is 0 Å². The van der Waals surface area contributed by atoms with Gasteiger partial charge in [0.25, 0.3) is 0 Å². The van der Waals surface area contributed by atoms with Crippen molar-refractivity contribution in [2.45, 2.75) is 116 Å². The first-order valence-electron chi connectivity index (χ1n) is 12.5. The topological polar surface area (TPSA) is 9.23 Å². The molecule has 0 spiro atoms. The molecule has 1 heteroatoms. The second-order valence-corrected chi connectivity index (χ2v) is 10.7. The molecular formula is C26H44O. The van der Waals surface area contributed by atoms with Crippen molar-refractivity contribution in [2.24, 2.45) is 35.5 Å². The van der Waals surface area contributed by atoms with Crippen molar-refractivity contribution in [1.82, 2.24) is 0 Å². The minimum Gasteiger partial charge on any atom is -0.375 e. The smallest absolute Gasteiger partial charge is 0.0608 e. The summed E-state index contributed by atoms with van der Waals surface area (Å²) in [7, 11) is 0. The molecule has 3 saturated carbocycles. The third-order valence-corrected chi connectivity index (χ3v) is 9.13. The van der Waals surface area contributed by atoms with E-state index in [1.54, 1.807) is 0 Å². The Hall–Kier alpha value is -0.300. The summed E-state index contributed by atoms with van der Waals surface area (Å²) in [5.41, 5.74) is 1.49. The Balaban J connectivity index is 1.34. The molecule has 1 heterocycles. The number of ether oxygens (including phenoxy) is 1. The fourth-order valence-electron chi connectivity index (χ4n) is 7.42. The zero-order valence-electron chi connectivity index (χ0n) is 18.1. The van der Waals surface area contributed by atoms with Crippen LogP contribution in [0.15, 0.2) is 12.2 Å². The lowest BCUT2D eigenvalue weighted by Crippen LogP contribution is -2.36. The predicted octanol–water partition coefficient (Wildman–Crippen LogP) is 7.55. The van der Waals surface area contributed by atoms with Gasteiger partial charge < -0.3 is 4.74 Å². The molecule has 27 heavy (non-hydrogen) atoms. The lowest BCUT2D eigenvalue weighted by atomic mass is 9.62. The van der Waals surface area contributed by atoms with E-state index in [0.29, 0.717) is 12.2 Å². The van der Waals surface area contributed by atoms with Crippen LogP contribution in [-0.4, -0.2) is 12.2 Å². The van der Waals surface area contributed by atoms with Gasteiger partial charge in [-0.2, -0.15) is 0 Å². The van der Waals surface area contributed by atoms with Crippen molar-refractivity contribution in [3.63, 3.8) is 0 Å². The minimum absolute atomic E-state index is 0.567. The zero-order valence-corrected chi connectivity index (χ0v) is 18.1. The van der Waals surface area contributed by atoms with Gasteiger partial charge in [-0.05, 0) is 106 Å². The van der Waals surface area contributed by atoms with Crippen molar-refractivity contribution in [3.05, 3.63) is 12.2 Å². The minimum atomic E-state index is 0.567. The van der Waals surface area contributed by atoms with Gasteiger partial charge in [-0.3, -0.25) is 0 Å². The summed E-state index contributed by atoms with van der Waals surface area (Å²) >= 11 is 0. The monoisotopic (exact) mass is 372 g/mol. The number of allylic oxidation sites excluding steroid dienone is 1. The quantitative estimate of drug-likeness (QED) is 0.453. The van der Waals surface area contributed by atoms with Crippen LogP contribution in [0.3, 0.4) is 0 Å². The molecular weight excluding hydrogens is 328 g/mol. The molecule has 4 fully saturated rings. The number of fused-ring (bicyclic) bond motifs is 2. The molecule has 1 nitrogen and oxygen atoms in total. The standard InChI is InChI=1S/C26H44O/c1-4-19-8-10-22-16-23-17-24(12-9-20-7-6-18(3)14-20)27-26(23)13-11-21(5-2)25(22)15-19/h19-26H,3-17H2,1-2H3. The third-order valence-electron chi connectivity index (χ3n) is 9.13. The maximum atomic E-state index is 6.68. The van der Waals surface area contributed by atoms with Gasteiger partial charge in [0.05, 0.1) is 12.2 Å². The summed E-state index contributed by atoms with van der Waals surface area (Å²) in [6, 6.07) is 0. The third kappa shape index (κ3) is 4.65. The van der Waals surface area contributed by atoms with Crippen LogP contribution in [-0.2, 0) is 4.74 Å². The lowest BCUT2D eigenvalue weighted by molar-refractivity contribution is -0.00584. The SMILES string of the molecule is C=C1CCC(CCC2CC3CC4CCC(CC)CC4C(CC)CCC3O2)C1. The Labute approximate surface area is 168 Å². The van der Waals surface area contributed by atoms with Gasteiger partial charge in [0, 0.05) is 0 Å². The van der Waals surface area contributed by atoms with Gasteiger partial charge in [0.15, 0.2) is 0 Å². The summed E-state index contributed by atoms with van der Waals surface area (Å²) < 4.78 is 6.68. The summed E-state index contributed by atoms with van der Waals surface area (Å²) in [6.45, 7) is 9.06. The van der Waals surface area contributed by atoms with E-state index < -0.39 is 0 Å². The molecule has 3 aliphatic carbocycles. The second-order valence-electron chi connectivity index (χ2n) is 10.7. The Morgan fingerprint density at radius 2 is 1.74 bits per heavy atom. The van der Waals surface area contributed by atoms with Crippen molar-refractivity contribution >= 4 is 0 Å². The average molecular weight is 373 g/mol. The van der Waals surface area contributed by atoms with Gasteiger partial charge in [0.2, 0.25) is 0 Å². The fraction of sp³-hybridized carbons (Fsp3) is 0.923. The van der Waals surface area contributed by atoms with Gasteiger partial charge in [0.1, 0.15) is 0 Å². The van der Waals surface area contributed by atoms with Gasteiger partial charge >= 0.3 is 0 Å². The molecule has 0 N–H and O–H groups in total. The van der Waals surface area contributed by atoms with Crippen molar-refractivity contribution in [3.8, 4) is 0 Å². The number of rotatable bonds is 5. The summed E-state index contributed by atoms with van der Waals surface area (Å²) in [5.74, 6) is 5.80. The van der Waals surface area contributed by atoms with Gasteiger partial charge in [-0.1, -0.05) is 45.3 Å². The Morgan fingerprint density at radius 3 is 2.48 bits per heavy atom. The highest BCUT2D eigenvalue weighted by molar-refractivity contribution is 5.02. The van der Waals surface area contributed by atoms with Crippen LogP contribution in [0.2, 0.25) is 0 Å². The summed E-state index contributed by atoms with van der Waals surface area (Å²) in [5, 5.41) is 0. The molecule has 0 aromatic heterocycles. The van der Waals surface area contributed by atoms with E-state index in [2.05, 4.69) is 20.4 Å². The van der Waals surface area contributed by atoms with Crippen LogP contribution in [0.5, 0.6) is 0 Å². The van der Waals surface area contributed by atoms with E-state index in [9.17, 15) is 0 Å². The normalized spacial score (nSPS) is 45.2. The molecule has 0 aromatic rings. The molecule has 8 unspecified atom stereocenters. The molecule has 1 aliphatic heterocycles. The van der Waals surface area contributed by atoms with Gasteiger partial charge in [-0.15, -0.1) is 0 Å². The van der Waals surface area contributed by atoms with Crippen LogP contribution in [0.25, 0.3) is 0 Å². The maximum Gasteiger partial charge on any atom is 0.0608 e. The Morgan fingerprint density at radius 1 is 0.852 bits per heavy atom. The van der Waals surface area contributed by atoms with E-state index in [1.165, 1.54) is 95.5 Å². The highest BCUT2D eigenvalue weighted by atomic mass is 16.5. The molecule has 4 aliphatic rings. The van der Waals surface area contributed by atoms with E-state index in [1.807, 2.05) is 0 Å². The van der Waals surface area contributed by atoms with Crippen LogP contribution in [0.1, 0.15) is 104 Å². The largest absolute Gasteiger partial charge is 0.375 e. The lowest BCUT2D eigenvalue weighted by Gasteiger charge is -2.44. The molecule has 154 valence electrons. The fourth-order valence-corrected chi connectivity index (χ4v) is 7.42. The van der Waals surface area contributed by atoms with Crippen LogP contribution < -0.4 is 0 Å². The van der Waals surface area contributed by atoms with Crippen LogP contribution in [0, 0.1) is 35.5 Å². The molecule has 1 saturated heterocycles. The van der Waals surface area contributed by atoms with Crippen molar-refractivity contribution < 1.29 is 4.74 Å². The van der Waals surface area contributed by atoms with E-state index in [0.717, 1.165) is 35.5 Å². The van der Waals surface area contributed by atoms with E-state index in [-0.39, 0.29) is 0 Å². The second kappa shape index (κ2) is 9.02. The van der Waals surface area contributed by atoms with Crippen molar-refractivity contribution in [1.29, 1.82) is 0 Å². The molecule has 0 amide bonds. The highest BCUT2D eigenvalue weighted by Crippen LogP contribution is 2.49. The zero-order chi connectivity index (χ0) is 18.8. The van der Waals surface area contributed by atoms with Crippen molar-refractivity contribution in [2.75, 3.05) is 0 Å². The van der Waals surface area contributed by atoms with E-state index in [4.69, 9.17) is 4.74 Å². The molecule has 4 rings (SSSR count).